The molecule has 0 unspecified atom stereocenters. The monoisotopic (exact) mass is 502 g/mol. The van der Waals surface area contributed by atoms with Crippen LogP contribution in [-0.4, -0.2) is 15.0 Å². The molecule has 2 aromatic rings. The van der Waals surface area contributed by atoms with Crippen molar-refractivity contribution in [1.29, 1.82) is 0 Å². The Balaban J connectivity index is 1.68. The minimum Gasteiger partial charge on any atom is -0.210 e. The van der Waals surface area contributed by atoms with Gasteiger partial charge in [-0.15, -0.1) is 11.3 Å². The molecule has 33 heavy (non-hydrogen) atoms. The van der Waals surface area contributed by atoms with Gasteiger partial charge in [-0.2, -0.15) is 13.2 Å². The van der Waals surface area contributed by atoms with E-state index in [0.29, 0.717) is 18.5 Å². The first-order valence-corrected chi connectivity index (χ1v) is 14.1. The van der Waals surface area contributed by atoms with Crippen molar-refractivity contribution < 1.29 is 21.6 Å². The molecule has 0 saturated heterocycles. The summed E-state index contributed by atoms with van der Waals surface area (Å²) in [7, 11) is -3.55. The smallest absolute Gasteiger partial charge is 0.210 e. The van der Waals surface area contributed by atoms with E-state index in [-0.39, 0.29) is 4.21 Å². The van der Waals surface area contributed by atoms with Crippen molar-refractivity contribution in [2.75, 3.05) is 6.54 Å². The quantitative estimate of drug-likeness (QED) is 0.238. The highest BCUT2D eigenvalue weighted by molar-refractivity contribution is 7.91. The Hall–Kier alpha value is -1.38. The van der Waals surface area contributed by atoms with Crippen molar-refractivity contribution >= 4 is 21.4 Å². The molecule has 0 spiro atoms. The first kappa shape index (κ1) is 27.9. The Bertz CT molecular complexity index is 924. The Morgan fingerprint density at radius 1 is 0.909 bits per heavy atom. The summed E-state index contributed by atoms with van der Waals surface area (Å²) in [5.74, 6) is 0. The second kappa shape index (κ2) is 14.1. The number of rotatable bonds is 16. The Morgan fingerprint density at radius 2 is 1.55 bits per heavy atom. The summed E-state index contributed by atoms with van der Waals surface area (Å²) in [6.07, 6.45) is 9.60. The number of alkyl halides is 3. The zero-order chi connectivity index (χ0) is 24.2. The van der Waals surface area contributed by atoms with Crippen molar-refractivity contribution in [2.45, 2.75) is 87.9 Å². The highest BCUT2D eigenvalue weighted by Crippen LogP contribution is 2.30. The second-order valence-corrected chi connectivity index (χ2v) is 11.5. The van der Waals surface area contributed by atoms with Crippen LogP contribution in [0, 0.1) is 6.42 Å². The summed E-state index contributed by atoms with van der Waals surface area (Å²) in [5, 5.41) is 0. The average molecular weight is 503 g/mol. The van der Waals surface area contributed by atoms with Crippen LogP contribution >= 0.6 is 11.3 Å². The molecule has 1 N–H and O–H groups in total. The van der Waals surface area contributed by atoms with Crippen LogP contribution in [0.3, 0.4) is 0 Å². The Morgan fingerprint density at radius 3 is 2.18 bits per heavy atom. The molecule has 185 valence electrons. The summed E-state index contributed by atoms with van der Waals surface area (Å²) in [6.45, 7) is 2.64. The minimum atomic E-state index is -4.38. The van der Waals surface area contributed by atoms with Crippen LogP contribution in [0.4, 0.5) is 13.2 Å². The molecule has 1 aromatic carbocycles. The Kier molecular flexibility index (Phi) is 11.9. The summed E-state index contributed by atoms with van der Waals surface area (Å²) < 4.78 is 66.4. The van der Waals surface area contributed by atoms with Crippen molar-refractivity contribution in [3.8, 4) is 0 Å². The van der Waals surface area contributed by atoms with Gasteiger partial charge in [0.25, 0.3) is 0 Å². The summed E-state index contributed by atoms with van der Waals surface area (Å²) in [6, 6.07) is 8.38. The third-order valence-electron chi connectivity index (χ3n) is 5.48. The van der Waals surface area contributed by atoms with Gasteiger partial charge < -0.3 is 0 Å². The van der Waals surface area contributed by atoms with Crippen LogP contribution in [-0.2, 0) is 22.6 Å². The van der Waals surface area contributed by atoms with Gasteiger partial charge in [-0.1, -0.05) is 82.9 Å². The molecule has 0 atom stereocenters. The third kappa shape index (κ3) is 10.6. The average Bonchev–Trinajstić information content (AvgIpc) is 3.26. The molecule has 1 radical (unpaired) electrons. The molecule has 1 heterocycles. The van der Waals surface area contributed by atoms with E-state index >= 15 is 0 Å². The van der Waals surface area contributed by atoms with Gasteiger partial charge in [0.05, 0.1) is 5.56 Å². The molecular formula is C25H35F3NO2S2. The molecule has 0 aliphatic heterocycles. The van der Waals surface area contributed by atoms with E-state index < -0.39 is 21.8 Å². The molecule has 3 nitrogen and oxygen atoms in total. The molecule has 2 rings (SSSR count). The summed E-state index contributed by atoms with van der Waals surface area (Å²) >= 11 is 1.15. The fraction of sp³-hybridized carbons (Fsp3) is 0.560. The molecule has 0 amide bonds. The van der Waals surface area contributed by atoms with Gasteiger partial charge in [-0.3, -0.25) is 0 Å². The van der Waals surface area contributed by atoms with Gasteiger partial charge in [0.15, 0.2) is 0 Å². The SMILES string of the molecule is CCCCCCCCCCCCNS(=O)(=O)c1ccc(C[CH]c2cccc(C(F)(F)F)c2)s1. The number of nitrogens with one attached hydrogen (secondary N) is 1. The molecular weight excluding hydrogens is 467 g/mol. The summed E-state index contributed by atoms with van der Waals surface area (Å²) in [4.78, 5) is 0.784. The van der Waals surface area contributed by atoms with Gasteiger partial charge in [-0.25, -0.2) is 13.1 Å². The zero-order valence-corrected chi connectivity index (χ0v) is 20.9. The lowest BCUT2D eigenvalue weighted by Crippen LogP contribution is -2.23. The van der Waals surface area contributed by atoms with Crippen molar-refractivity contribution in [2.24, 2.45) is 0 Å². The van der Waals surface area contributed by atoms with Crippen LogP contribution < -0.4 is 4.72 Å². The van der Waals surface area contributed by atoms with E-state index in [1.54, 1.807) is 24.6 Å². The lowest BCUT2D eigenvalue weighted by molar-refractivity contribution is -0.137. The van der Waals surface area contributed by atoms with Crippen LogP contribution in [0.2, 0.25) is 0 Å². The van der Waals surface area contributed by atoms with E-state index in [2.05, 4.69) is 11.6 Å². The number of thiophene rings is 1. The molecule has 8 heteroatoms. The standard InChI is InChI=1S/C25H35F3NO2S2/c1-2-3-4-5-6-7-8-9-10-11-19-29-33(30,31)24-18-17-23(32-24)16-15-21-13-12-14-22(20-21)25(26,27)28/h12-15,17-18,20,29H,2-11,16,19H2,1H3. The maximum Gasteiger partial charge on any atom is 0.416 e. The highest BCUT2D eigenvalue weighted by Gasteiger charge is 2.30. The number of unbranched alkanes of at least 4 members (excludes halogenated alkanes) is 9. The van der Waals surface area contributed by atoms with Gasteiger partial charge in [-0.05, 0) is 43.0 Å². The first-order valence-electron chi connectivity index (χ1n) is 11.8. The van der Waals surface area contributed by atoms with Gasteiger partial charge in [0.2, 0.25) is 10.0 Å². The summed E-state index contributed by atoms with van der Waals surface area (Å²) in [5.41, 5.74) is -0.233. The van der Waals surface area contributed by atoms with Crippen LogP contribution in [0.1, 0.15) is 87.1 Å². The van der Waals surface area contributed by atoms with Gasteiger partial charge >= 0.3 is 6.18 Å². The number of halogens is 3. The van der Waals surface area contributed by atoms with Gasteiger partial charge in [0, 0.05) is 11.4 Å². The van der Waals surface area contributed by atoms with Crippen molar-refractivity contribution in [3.63, 3.8) is 0 Å². The predicted octanol–water partition coefficient (Wildman–Crippen LogP) is 7.76. The molecule has 0 aliphatic rings. The fourth-order valence-corrected chi connectivity index (χ4v) is 6.00. The van der Waals surface area contributed by atoms with Gasteiger partial charge in [0.1, 0.15) is 4.21 Å². The van der Waals surface area contributed by atoms with E-state index in [4.69, 9.17) is 0 Å². The van der Waals surface area contributed by atoms with Crippen LogP contribution in [0.15, 0.2) is 40.6 Å². The van der Waals surface area contributed by atoms with Crippen molar-refractivity contribution in [3.05, 3.63) is 58.8 Å². The van der Waals surface area contributed by atoms with E-state index in [9.17, 15) is 21.6 Å². The third-order valence-corrected chi connectivity index (χ3v) is 8.54. The molecule has 0 saturated carbocycles. The number of sulfonamides is 1. The Labute approximate surface area is 200 Å². The normalized spacial score (nSPS) is 12.4. The number of benzene rings is 1. The molecule has 0 fully saturated rings. The van der Waals surface area contributed by atoms with Crippen LogP contribution in [0.25, 0.3) is 0 Å². The lowest BCUT2D eigenvalue weighted by Gasteiger charge is -2.08. The van der Waals surface area contributed by atoms with Crippen LogP contribution in [0.5, 0.6) is 0 Å². The minimum absolute atomic E-state index is 0.238. The highest BCUT2D eigenvalue weighted by atomic mass is 32.2. The van der Waals surface area contributed by atoms with E-state index in [1.165, 1.54) is 51.0 Å². The molecule has 0 bridgehead atoms. The van der Waals surface area contributed by atoms with E-state index in [0.717, 1.165) is 47.6 Å². The molecule has 0 aliphatic carbocycles. The van der Waals surface area contributed by atoms with E-state index in [1.807, 2.05) is 0 Å². The topological polar surface area (TPSA) is 46.2 Å². The first-order chi connectivity index (χ1) is 15.7. The number of hydrogen-bond acceptors (Lipinski definition) is 3. The van der Waals surface area contributed by atoms with Crippen molar-refractivity contribution in [1.82, 2.24) is 4.72 Å². The molecule has 1 aromatic heterocycles. The fourth-order valence-electron chi connectivity index (χ4n) is 3.56. The lowest BCUT2D eigenvalue weighted by atomic mass is 10.1. The second-order valence-electron chi connectivity index (χ2n) is 8.33. The predicted molar refractivity (Wildman–Crippen MR) is 130 cm³/mol. The maximum absolute atomic E-state index is 12.8. The largest absolute Gasteiger partial charge is 0.416 e. The maximum atomic E-state index is 12.8. The number of hydrogen-bond donors (Lipinski definition) is 1. The zero-order valence-electron chi connectivity index (χ0n) is 19.3.